The lowest BCUT2D eigenvalue weighted by molar-refractivity contribution is -0.115. The van der Waals surface area contributed by atoms with Crippen molar-refractivity contribution in [2.45, 2.75) is 25.7 Å². The third-order valence-electron chi connectivity index (χ3n) is 4.91. The number of ether oxygens (including phenoxy) is 1. The van der Waals surface area contributed by atoms with E-state index in [0.717, 1.165) is 43.2 Å². The van der Waals surface area contributed by atoms with Gasteiger partial charge in [-0.15, -0.1) is 0 Å². The van der Waals surface area contributed by atoms with E-state index in [1.807, 2.05) is 30.3 Å². The van der Waals surface area contributed by atoms with Crippen molar-refractivity contribution in [1.29, 1.82) is 0 Å². The van der Waals surface area contributed by atoms with Gasteiger partial charge in [0.2, 0.25) is 5.91 Å². The number of nitrogens with zero attached hydrogens (tertiary/aromatic N) is 1. The van der Waals surface area contributed by atoms with E-state index in [1.54, 1.807) is 7.11 Å². The molecule has 5 heteroatoms. The Bertz CT molecular complexity index is 725. The lowest BCUT2D eigenvalue weighted by Gasteiger charge is -2.30. The molecule has 1 fully saturated rings. The number of nitrogens with one attached hydrogen (secondary N) is 2. The van der Waals surface area contributed by atoms with Crippen LogP contribution in [0.15, 0.2) is 48.5 Å². The minimum Gasteiger partial charge on any atom is -0.497 e. The number of rotatable bonds is 8. The van der Waals surface area contributed by atoms with Crippen LogP contribution in [0.25, 0.3) is 0 Å². The Balaban J connectivity index is 1.45. The molecule has 3 rings (SSSR count). The van der Waals surface area contributed by atoms with Crippen LogP contribution in [0.3, 0.4) is 0 Å². The molecule has 5 nitrogen and oxygen atoms in total. The molecule has 0 radical (unpaired) electrons. The van der Waals surface area contributed by atoms with Crippen molar-refractivity contribution in [3.8, 4) is 5.75 Å². The Morgan fingerprint density at radius 3 is 2.52 bits per heavy atom. The Morgan fingerprint density at radius 1 is 1.04 bits per heavy atom. The zero-order chi connectivity index (χ0) is 18.9. The number of benzene rings is 2. The van der Waals surface area contributed by atoms with E-state index in [-0.39, 0.29) is 5.91 Å². The molecule has 0 saturated carbocycles. The minimum atomic E-state index is -0.00538. The van der Waals surface area contributed by atoms with Crippen molar-refractivity contribution in [1.82, 2.24) is 5.32 Å². The van der Waals surface area contributed by atoms with Crippen molar-refractivity contribution in [3.63, 3.8) is 0 Å². The fourth-order valence-electron chi connectivity index (χ4n) is 3.41. The molecule has 1 saturated heterocycles. The van der Waals surface area contributed by atoms with Crippen molar-refractivity contribution in [3.05, 3.63) is 54.1 Å². The molecule has 2 aromatic carbocycles. The molecule has 0 atom stereocenters. The van der Waals surface area contributed by atoms with Gasteiger partial charge in [-0.3, -0.25) is 4.79 Å². The largest absolute Gasteiger partial charge is 0.497 e. The van der Waals surface area contributed by atoms with Gasteiger partial charge in [-0.2, -0.15) is 0 Å². The van der Waals surface area contributed by atoms with Gasteiger partial charge in [0.25, 0.3) is 0 Å². The molecule has 2 N–H and O–H groups in total. The molecule has 0 spiro atoms. The SMILES string of the molecule is COc1ccc(CCNCC(=O)Nc2ccccc2N2CCCCC2)cc1. The van der Waals surface area contributed by atoms with Gasteiger partial charge < -0.3 is 20.3 Å². The molecule has 2 aromatic rings. The highest BCUT2D eigenvalue weighted by atomic mass is 16.5. The monoisotopic (exact) mass is 367 g/mol. The first-order valence-corrected chi connectivity index (χ1v) is 9.74. The molecular weight excluding hydrogens is 338 g/mol. The summed E-state index contributed by atoms with van der Waals surface area (Å²) in [5.74, 6) is 0.854. The summed E-state index contributed by atoms with van der Waals surface area (Å²) in [7, 11) is 1.67. The first-order valence-electron chi connectivity index (χ1n) is 9.74. The molecule has 1 aliphatic rings. The number of piperidine rings is 1. The van der Waals surface area contributed by atoms with Crippen molar-refractivity contribution in [2.24, 2.45) is 0 Å². The third-order valence-corrected chi connectivity index (χ3v) is 4.91. The fourth-order valence-corrected chi connectivity index (χ4v) is 3.41. The highest BCUT2D eigenvalue weighted by Crippen LogP contribution is 2.28. The van der Waals surface area contributed by atoms with Crippen LogP contribution in [0.2, 0.25) is 0 Å². The average Bonchev–Trinajstić information content (AvgIpc) is 2.73. The third kappa shape index (κ3) is 5.73. The van der Waals surface area contributed by atoms with Crippen LogP contribution < -0.4 is 20.3 Å². The summed E-state index contributed by atoms with van der Waals surface area (Å²) < 4.78 is 5.16. The lowest BCUT2D eigenvalue weighted by atomic mass is 10.1. The van der Waals surface area contributed by atoms with Gasteiger partial charge in [0.1, 0.15) is 5.75 Å². The topological polar surface area (TPSA) is 53.6 Å². The van der Waals surface area contributed by atoms with Crippen LogP contribution >= 0.6 is 0 Å². The second kappa shape index (κ2) is 9.97. The molecule has 1 heterocycles. The summed E-state index contributed by atoms with van der Waals surface area (Å²) in [6.07, 6.45) is 4.61. The van der Waals surface area contributed by atoms with E-state index in [4.69, 9.17) is 4.74 Å². The number of amides is 1. The molecule has 1 aliphatic heterocycles. The fraction of sp³-hybridized carbons (Fsp3) is 0.409. The normalized spacial score (nSPS) is 14.0. The summed E-state index contributed by atoms with van der Waals surface area (Å²) in [6, 6.07) is 16.1. The van der Waals surface area contributed by atoms with Crippen LogP contribution in [0.4, 0.5) is 11.4 Å². The summed E-state index contributed by atoms with van der Waals surface area (Å²) >= 11 is 0. The van der Waals surface area contributed by atoms with Crippen molar-refractivity contribution < 1.29 is 9.53 Å². The molecule has 144 valence electrons. The highest BCUT2D eigenvalue weighted by molar-refractivity contribution is 5.95. The van der Waals surface area contributed by atoms with E-state index in [1.165, 1.54) is 24.8 Å². The van der Waals surface area contributed by atoms with E-state index < -0.39 is 0 Å². The van der Waals surface area contributed by atoms with E-state index in [9.17, 15) is 4.79 Å². The molecule has 0 bridgehead atoms. The number of hydrogen-bond donors (Lipinski definition) is 2. The summed E-state index contributed by atoms with van der Waals surface area (Å²) in [4.78, 5) is 14.7. The van der Waals surface area contributed by atoms with E-state index >= 15 is 0 Å². The Labute approximate surface area is 161 Å². The van der Waals surface area contributed by atoms with Gasteiger partial charge in [0.05, 0.1) is 25.0 Å². The lowest BCUT2D eigenvalue weighted by Crippen LogP contribution is -2.32. The van der Waals surface area contributed by atoms with Crippen molar-refractivity contribution >= 4 is 17.3 Å². The van der Waals surface area contributed by atoms with Gasteiger partial charge in [-0.25, -0.2) is 0 Å². The van der Waals surface area contributed by atoms with E-state index in [0.29, 0.717) is 6.54 Å². The highest BCUT2D eigenvalue weighted by Gasteiger charge is 2.15. The maximum absolute atomic E-state index is 12.3. The van der Waals surface area contributed by atoms with Crippen LogP contribution in [-0.4, -0.2) is 39.2 Å². The molecular formula is C22H29N3O2. The van der Waals surface area contributed by atoms with Crippen molar-refractivity contribution in [2.75, 3.05) is 43.5 Å². The number of carbonyl (C=O) groups is 1. The second-order valence-electron chi connectivity index (χ2n) is 6.89. The average molecular weight is 367 g/mol. The number of anilines is 2. The molecule has 1 amide bonds. The summed E-state index contributed by atoms with van der Waals surface area (Å²) in [5.41, 5.74) is 3.25. The zero-order valence-corrected chi connectivity index (χ0v) is 16.0. The predicted octanol–water partition coefficient (Wildman–Crippen LogP) is 3.46. The number of hydrogen-bond acceptors (Lipinski definition) is 4. The quantitative estimate of drug-likeness (QED) is 0.702. The van der Waals surface area contributed by atoms with Gasteiger partial charge in [-0.05, 0) is 62.1 Å². The summed E-state index contributed by atoms with van der Waals surface area (Å²) in [5, 5.41) is 6.29. The van der Waals surface area contributed by atoms with Crippen LogP contribution in [0.1, 0.15) is 24.8 Å². The Morgan fingerprint density at radius 2 is 1.78 bits per heavy atom. The second-order valence-corrected chi connectivity index (χ2v) is 6.89. The first-order chi connectivity index (χ1) is 13.3. The standard InChI is InChI=1S/C22H29N3O2/c1-27-19-11-9-18(10-12-19)13-14-23-17-22(26)24-20-7-3-4-8-21(20)25-15-5-2-6-16-25/h3-4,7-12,23H,2,5-6,13-17H2,1H3,(H,24,26). The zero-order valence-electron chi connectivity index (χ0n) is 16.0. The summed E-state index contributed by atoms with van der Waals surface area (Å²) in [6.45, 7) is 3.19. The molecule has 0 aliphatic carbocycles. The van der Waals surface area contributed by atoms with Crippen LogP contribution in [0, 0.1) is 0 Å². The molecule has 0 aromatic heterocycles. The number of para-hydroxylation sites is 2. The Kier molecular flexibility index (Phi) is 7.11. The minimum absolute atomic E-state index is 0.00538. The smallest absolute Gasteiger partial charge is 0.238 e. The Hall–Kier alpha value is -2.53. The predicted molar refractivity (Wildman–Crippen MR) is 111 cm³/mol. The van der Waals surface area contributed by atoms with Crippen LogP contribution in [-0.2, 0) is 11.2 Å². The molecule has 27 heavy (non-hydrogen) atoms. The first kappa shape index (κ1) is 19.2. The van der Waals surface area contributed by atoms with Gasteiger partial charge >= 0.3 is 0 Å². The maximum Gasteiger partial charge on any atom is 0.238 e. The number of methoxy groups -OCH3 is 1. The van der Waals surface area contributed by atoms with Gasteiger partial charge in [0, 0.05) is 13.1 Å². The van der Waals surface area contributed by atoms with E-state index in [2.05, 4.69) is 33.7 Å². The maximum atomic E-state index is 12.3. The number of carbonyl (C=O) groups excluding carboxylic acids is 1. The van der Waals surface area contributed by atoms with Gasteiger partial charge in [0.15, 0.2) is 0 Å². The van der Waals surface area contributed by atoms with Gasteiger partial charge in [-0.1, -0.05) is 24.3 Å². The van der Waals surface area contributed by atoms with Crippen LogP contribution in [0.5, 0.6) is 5.75 Å². The molecule has 0 unspecified atom stereocenters.